The number of allylic oxidation sites excluding steroid dienone is 3. The number of methoxy groups -OCH3 is 1. The van der Waals surface area contributed by atoms with Gasteiger partial charge in [-0.25, -0.2) is 0 Å². The van der Waals surface area contributed by atoms with Gasteiger partial charge in [0.05, 0.1) is 78.0 Å². The van der Waals surface area contributed by atoms with E-state index in [1.54, 1.807) is 47.1 Å². The highest BCUT2D eigenvalue weighted by molar-refractivity contribution is 5.80. The minimum absolute atomic E-state index is 0.0101. The fourth-order valence-electron chi connectivity index (χ4n) is 20.5. The van der Waals surface area contributed by atoms with Gasteiger partial charge in [-0.15, -0.1) is 0 Å². The predicted octanol–water partition coefficient (Wildman–Crippen LogP) is -0.819. The molecule has 0 spiro atoms. The van der Waals surface area contributed by atoms with Crippen molar-refractivity contribution >= 4 is 11.9 Å². The van der Waals surface area contributed by atoms with E-state index in [4.69, 9.17) is 70.3 Å². The fraction of sp³-hybridized carbons (Fsp3) is 0.908. The minimum atomic E-state index is -1.80. The van der Waals surface area contributed by atoms with Crippen LogP contribution in [0.15, 0.2) is 35.5 Å². The molecule has 0 bridgehead atoms. The zero-order chi connectivity index (χ0) is 91.7. The molecule has 25 N–H and O–H groups in total. The first kappa shape index (κ1) is 106. The number of nitrogens with zero attached hydrogens (tertiary/aromatic N) is 2. The first-order valence-corrected chi connectivity index (χ1v) is 44.4. The first-order valence-electron chi connectivity index (χ1n) is 44.4. The van der Waals surface area contributed by atoms with Gasteiger partial charge in [0.15, 0.2) is 25.2 Å². The number of likely N-dealkylation sites (N-methyl/N-ethyl adjacent to an activating group) is 2. The number of hydrogen-bond acceptors (Lipinski definition) is 34. The van der Waals surface area contributed by atoms with E-state index < -0.39 is 224 Å². The molecule has 35 nitrogen and oxygen atoms in total. The molecule has 1 amide bonds. The number of nitrogens with two attached hydrogens (primary N) is 4. The summed E-state index contributed by atoms with van der Waals surface area (Å²) in [6, 6.07) is -4.26. The van der Waals surface area contributed by atoms with Gasteiger partial charge in [0.25, 0.3) is 0 Å². The third-order valence-electron chi connectivity index (χ3n) is 28.2. The summed E-state index contributed by atoms with van der Waals surface area (Å²) in [5.74, 6) is -1.32. The van der Waals surface area contributed by atoms with E-state index in [1.807, 2.05) is 65.6 Å². The second kappa shape index (κ2) is 45.2. The van der Waals surface area contributed by atoms with Crippen LogP contribution in [-0.2, 0) is 57.0 Å². The van der Waals surface area contributed by atoms with Gasteiger partial charge in [0.2, 0.25) is 5.91 Å². The van der Waals surface area contributed by atoms with Gasteiger partial charge in [0.1, 0.15) is 97.2 Å². The van der Waals surface area contributed by atoms with Crippen LogP contribution in [0, 0.1) is 40.9 Å². The predicted molar refractivity (Wildman–Crippen MR) is 450 cm³/mol. The van der Waals surface area contributed by atoms with Gasteiger partial charge in [-0.3, -0.25) is 9.59 Å². The lowest BCUT2D eigenvalue weighted by atomic mass is 9.60. The van der Waals surface area contributed by atoms with E-state index >= 15 is 0 Å². The molecule has 710 valence electrons. The molecule has 0 aromatic heterocycles. The average Bonchev–Trinajstić information content (AvgIpc) is 1.51. The highest BCUT2D eigenvalue weighted by atomic mass is 16.7. The van der Waals surface area contributed by atoms with Crippen molar-refractivity contribution < 1.29 is 139 Å². The summed E-state index contributed by atoms with van der Waals surface area (Å²) in [6.45, 7) is 30.0. The van der Waals surface area contributed by atoms with Crippen molar-refractivity contribution in [2.24, 2.45) is 63.9 Å². The fourth-order valence-corrected chi connectivity index (χ4v) is 20.5. The van der Waals surface area contributed by atoms with Crippen LogP contribution in [0.25, 0.3) is 0 Å². The number of hydrogen-bond donors (Lipinski definition) is 21. The van der Waals surface area contributed by atoms with E-state index in [0.717, 1.165) is 29.9 Å². The third kappa shape index (κ3) is 25.8. The largest absolute Gasteiger partial charge is 0.459 e. The Morgan fingerprint density at radius 3 is 2.01 bits per heavy atom. The van der Waals surface area contributed by atoms with Crippen molar-refractivity contribution in [3.8, 4) is 0 Å². The number of aliphatic hydroxyl groups is 16. The molecule has 9 rings (SSSR count). The number of ether oxygens (including phenoxy) is 10. The van der Waals surface area contributed by atoms with E-state index in [1.165, 1.54) is 52.6 Å². The Labute approximate surface area is 722 Å². The maximum Gasteiger partial charge on any atom is 0.311 e. The van der Waals surface area contributed by atoms with Crippen molar-refractivity contribution in [2.45, 2.75) is 406 Å². The van der Waals surface area contributed by atoms with Gasteiger partial charge in [0, 0.05) is 57.1 Å². The van der Waals surface area contributed by atoms with Crippen LogP contribution in [0.3, 0.4) is 0 Å². The number of fused-ring (bicyclic) bond motifs is 1. The van der Waals surface area contributed by atoms with E-state index in [2.05, 4.69) is 37.9 Å². The second-order valence-corrected chi connectivity index (χ2v) is 38.8. The topological polar surface area (TPSA) is 573 Å². The summed E-state index contributed by atoms with van der Waals surface area (Å²) >= 11 is 0. The number of esters is 1. The van der Waals surface area contributed by atoms with Gasteiger partial charge in [-0.05, 0) is 207 Å². The molecule has 9 aliphatic rings. The van der Waals surface area contributed by atoms with Crippen LogP contribution in [0.5, 0.6) is 0 Å². The Kier molecular flexibility index (Phi) is 39.2. The monoisotopic (exact) mass is 1750 g/mol. The standard InChI is InChI=1S/C38H72N2O12.C27H44O3.C22H43N5O13/c1-15-27-38(10,46)31(42)24(6)40(13)19-20(2)17-36(8,45)33(52-35-29(41)26(39(11)12)16-21(3)48-35)22(4)30(23(5)34(44)50-27)51-28-18-37(9,47-14)32(43)25(7)49-28;1-18(8-6-14-26(3,4)30)23-12-13-24-20(9-7-15-27(23,24)5)10-11-21-16-22(28)17-25(29)19(21)2;23-2-1-8(29)20(36)27-7-3-6(25)18(39-22-16(34)15(33)13(31)9(4-24)37-22)17(35)19(7)40-21-14(32)11(26)12(30)10(5-28)38-21/h20-33,35,41-43,45-46H,15-19H2,1-14H3;10-11,18,22-25,28-30H,2,6-9,12-17H2,1,3-5H3;6-19,21-22,28-35H,1-5,23-26H2,(H,27,36)/b;20-10+,21-11-;/t20-,21?,22+,23-,24-,25?,26?,27-,28?,29?,30+,31-,32?,33-,35?,36-,37?,38-;18-,22-,23-,24+,25+,27-;6?,7?,8-,9?,10?,11?,12?,13?,14?,15?,16?,17?,18?,19?,21?,22?/m111/s1. The summed E-state index contributed by atoms with van der Waals surface area (Å²) in [6.07, 6.45) is -14.1. The number of aliphatic hydroxyl groups excluding tert-OH is 13. The third-order valence-corrected chi connectivity index (χ3v) is 28.2. The SMILES string of the molecule is C=C1/C(=C\C=C2/CCC[C@]3(C)[C@@H]([C@H](C)CCCC(C)(C)O)CC[C@@H]23)C[C@@H](O)C[C@@H]1O.CC[C@H]1OC(=O)[C@H](C)[C@@H](OC2CC(C)(OC)C(O)C(C)O2)[C@H](C)[C@@H](OC2OC(C)CC(N(C)C)C2O)[C@](C)(O)C[C@@H](C)CN(C)[C@H](C)[C@@H](O)[C@]1(C)O.NCC[C@@H](O)C(=O)NC1CC(N)C(OC2OC(CN)C(O)C(O)C2O)C(O)C1OC1OC(CO)C(O)C(N)C1O. The van der Waals surface area contributed by atoms with Gasteiger partial charge in [-0.2, -0.15) is 0 Å². The van der Waals surface area contributed by atoms with E-state index in [9.17, 15) is 91.3 Å². The Bertz CT molecular complexity index is 3300. The molecule has 35 heteroatoms. The van der Waals surface area contributed by atoms with Crippen molar-refractivity contribution in [2.75, 3.05) is 54.5 Å². The molecule has 5 heterocycles. The zero-order valence-electron chi connectivity index (χ0n) is 75.5. The van der Waals surface area contributed by atoms with E-state index in [0.29, 0.717) is 43.1 Å². The van der Waals surface area contributed by atoms with Crippen LogP contribution >= 0.6 is 0 Å². The van der Waals surface area contributed by atoms with Crippen molar-refractivity contribution in [3.05, 3.63) is 35.5 Å². The van der Waals surface area contributed by atoms with Crippen LogP contribution in [-0.4, -0.2) is 364 Å². The Hall–Kier alpha value is -3.08. The normalized spacial score (nSPS) is 46.1. The van der Waals surface area contributed by atoms with Gasteiger partial charge < -0.3 is 167 Å². The number of carbonyl (C=O) groups is 2. The number of rotatable bonds is 23. The molecule has 40 atom stereocenters. The molecule has 5 saturated heterocycles. The lowest BCUT2D eigenvalue weighted by molar-refractivity contribution is -0.332. The Balaban J connectivity index is 0.000000261. The van der Waals surface area contributed by atoms with Crippen LogP contribution < -0.4 is 28.3 Å². The zero-order valence-corrected chi connectivity index (χ0v) is 75.5. The summed E-state index contributed by atoms with van der Waals surface area (Å²) in [7, 11) is 7.12. The molecular weight excluding hydrogens is 1590 g/mol. The highest BCUT2D eigenvalue weighted by Gasteiger charge is 2.57. The maximum absolute atomic E-state index is 14.2. The average molecular weight is 1750 g/mol. The number of carbonyl (C=O) groups excluding carboxylic acids is 2. The van der Waals surface area contributed by atoms with Gasteiger partial charge in [-0.1, -0.05) is 71.8 Å². The Morgan fingerprint density at radius 1 is 0.770 bits per heavy atom. The Morgan fingerprint density at radius 2 is 1.40 bits per heavy atom. The lowest BCUT2D eigenvalue weighted by Gasteiger charge is -2.49. The molecule has 0 radical (unpaired) electrons. The smallest absolute Gasteiger partial charge is 0.311 e. The minimum Gasteiger partial charge on any atom is -0.459 e. The summed E-state index contributed by atoms with van der Waals surface area (Å²) in [5.41, 5.74) is 21.9. The molecule has 4 aliphatic carbocycles. The molecule has 0 aromatic carbocycles. The summed E-state index contributed by atoms with van der Waals surface area (Å²) < 4.78 is 60.0. The summed E-state index contributed by atoms with van der Waals surface area (Å²) in [4.78, 5) is 30.6. The number of amides is 1. The molecule has 0 aromatic rings. The van der Waals surface area contributed by atoms with Crippen molar-refractivity contribution in [1.82, 2.24) is 15.1 Å². The number of nitrogens with one attached hydrogen (secondary N) is 1. The molecule has 23 unspecified atom stereocenters. The summed E-state index contributed by atoms with van der Waals surface area (Å²) in [5, 5.41) is 173. The second-order valence-electron chi connectivity index (χ2n) is 38.8. The highest BCUT2D eigenvalue weighted by Crippen LogP contribution is 2.60. The molecule has 4 saturated carbocycles. The maximum atomic E-state index is 14.2. The molecule has 5 aliphatic heterocycles. The first-order chi connectivity index (χ1) is 56.8. The van der Waals surface area contributed by atoms with Crippen LogP contribution in [0.4, 0.5) is 0 Å². The van der Waals surface area contributed by atoms with E-state index in [-0.39, 0.29) is 63.3 Å². The molecule has 9 fully saturated rings. The molecule has 122 heavy (non-hydrogen) atoms. The quantitative estimate of drug-likeness (QED) is 0.0556. The molecular formula is C87H159N7O28. The van der Waals surface area contributed by atoms with Gasteiger partial charge >= 0.3 is 5.97 Å². The van der Waals surface area contributed by atoms with Crippen molar-refractivity contribution in [3.63, 3.8) is 0 Å². The van der Waals surface area contributed by atoms with Crippen molar-refractivity contribution in [1.29, 1.82) is 0 Å². The number of cyclic esters (lactones) is 1. The van der Waals surface area contributed by atoms with Crippen LogP contribution in [0.2, 0.25) is 0 Å². The van der Waals surface area contributed by atoms with Crippen LogP contribution in [0.1, 0.15) is 200 Å². The lowest BCUT2D eigenvalue weighted by Crippen LogP contribution is -2.69.